The molecule has 2 aromatic carbocycles. The number of imidazole rings is 1. The van der Waals surface area contributed by atoms with Crippen LogP contribution in [0.2, 0.25) is 0 Å². The van der Waals surface area contributed by atoms with Gasteiger partial charge < -0.3 is 9.30 Å². The van der Waals surface area contributed by atoms with Gasteiger partial charge in [0.25, 0.3) is 0 Å². The van der Waals surface area contributed by atoms with E-state index in [1.165, 1.54) is 12.1 Å². The maximum Gasteiger partial charge on any atom is 0.156 e. The van der Waals surface area contributed by atoms with Crippen molar-refractivity contribution in [3.63, 3.8) is 0 Å². The Balaban J connectivity index is 1.48. The number of pyridine rings is 1. The van der Waals surface area contributed by atoms with Crippen molar-refractivity contribution in [2.45, 2.75) is 13.3 Å². The molecule has 154 valence electrons. The molecular formula is C24H20FN5O. The molecule has 7 heteroatoms. The molecule has 31 heavy (non-hydrogen) atoms. The van der Waals surface area contributed by atoms with Gasteiger partial charge in [-0.3, -0.25) is 0 Å². The maximum absolute atomic E-state index is 13.3. The van der Waals surface area contributed by atoms with Crippen molar-refractivity contribution in [1.29, 1.82) is 0 Å². The first-order valence-corrected chi connectivity index (χ1v) is 9.89. The predicted octanol–water partition coefficient (Wildman–Crippen LogP) is 4.63. The van der Waals surface area contributed by atoms with Gasteiger partial charge in [0.05, 0.1) is 30.5 Å². The molecule has 5 rings (SSSR count). The molecule has 5 aromatic rings. The van der Waals surface area contributed by atoms with Crippen molar-refractivity contribution in [1.82, 2.24) is 24.1 Å². The molecule has 0 radical (unpaired) electrons. The third-order valence-corrected chi connectivity index (χ3v) is 5.14. The minimum Gasteiger partial charge on any atom is -0.495 e. The summed E-state index contributed by atoms with van der Waals surface area (Å²) in [5.41, 5.74) is 5.39. The van der Waals surface area contributed by atoms with Crippen LogP contribution in [-0.2, 0) is 6.42 Å². The van der Waals surface area contributed by atoms with Gasteiger partial charge in [-0.15, -0.1) is 0 Å². The molecule has 0 fully saturated rings. The molecule has 0 aliphatic rings. The van der Waals surface area contributed by atoms with Gasteiger partial charge in [-0.25, -0.2) is 18.9 Å². The van der Waals surface area contributed by atoms with Gasteiger partial charge in [0.2, 0.25) is 0 Å². The van der Waals surface area contributed by atoms with Crippen LogP contribution in [0.25, 0.3) is 22.6 Å². The highest BCUT2D eigenvalue weighted by Gasteiger charge is 2.12. The van der Waals surface area contributed by atoms with Crippen molar-refractivity contribution in [2.24, 2.45) is 0 Å². The molecule has 6 nitrogen and oxygen atoms in total. The van der Waals surface area contributed by atoms with Crippen LogP contribution in [0.4, 0.5) is 4.39 Å². The molecular weight excluding hydrogens is 393 g/mol. The quantitative estimate of drug-likeness (QED) is 0.422. The summed E-state index contributed by atoms with van der Waals surface area (Å²) in [6.45, 7) is 1.95. The molecule has 3 heterocycles. The van der Waals surface area contributed by atoms with Gasteiger partial charge in [-0.1, -0.05) is 12.1 Å². The Kier molecular flexibility index (Phi) is 4.71. The number of hydrogen-bond acceptors (Lipinski definition) is 4. The first kappa shape index (κ1) is 19.0. The minimum atomic E-state index is -0.265. The number of rotatable bonds is 5. The van der Waals surface area contributed by atoms with Gasteiger partial charge in [0.15, 0.2) is 11.5 Å². The van der Waals surface area contributed by atoms with E-state index in [4.69, 9.17) is 9.84 Å². The van der Waals surface area contributed by atoms with Crippen LogP contribution < -0.4 is 4.74 Å². The van der Waals surface area contributed by atoms with Gasteiger partial charge in [-0.2, -0.15) is 5.10 Å². The topological polar surface area (TPSA) is 57.2 Å². The Morgan fingerprint density at radius 2 is 1.87 bits per heavy atom. The van der Waals surface area contributed by atoms with Crippen molar-refractivity contribution in [3.8, 4) is 22.7 Å². The Labute approximate surface area is 178 Å². The number of fused-ring (bicyclic) bond motifs is 1. The Morgan fingerprint density at radius 1 is 1.03 bits per heavy atom. The fraction of sp³-hybridized carbons (Fsp3) is 0.125. The zero-order chi connectivity index (χ0) is 21.4. The molecule has 0 unspecified atom stereocenters. The normalized spacial score (nSPS) is 11.2. The maximum atomic E-state index is 13.3. The number of aryl methyl sites for hydroxylation is 1. The standard InChI is InChI=1S/C24H20FN5O/c1-16-14-29(15-26-16)21-11-6-17(12-22(21)31-2)13-23-27-24-5-3-4-20(30(24)28-23)18-7-9-19(25)10-8-18/h3-12,14-15H,13H2,1-2H3. The van der Waals surface area contributed by atoms with E-state index in [0.717, 1.165) is 39.6 Å². The van der Waals surface area contributed by atoms with Crippen LogP contribution in [-0.4, -0.2) is 31.3 Å². The van der Waals surface area contributed by atoms with E-state index >= 15 is 0 Å². The zero-order valence-corrected chi connectivity index (χ0v) is 17.2. The Bertz CT molecular complexity index is 1370. The highest BCUT2D eigenvalue weighted by Crippen LogP contribution is 2.26. The summed E-state index contributed by atoms with van der Waals surface area (Å²) in [5, 5.41) is 4.70. The highest BCUT2D eigenvalue weighted by atomic mass is 19.1. The number of benzene rings is 2. The van der Waals surface area contributed by atoms with E-state index in [1.54, 1.807) is 30.1 Å². The summed E-state index contributed by atoms with van der Waals surface area (Å²) in [6, 6.07) is 18.2. The lowest BCUT2D eigenvalue weighted by molar-refractivity contribution is 0.412. The summed E-state index contributed by atoms with van der Waals surface area (Å²) in [5.74, 6) is 1.19. The fourth-order valence-electron chi connectivity index (χ4n) is 3.64. The van der Waals surface area contributed by atoms with E-state index in [-0.39, 0.29) is 5.82 Å². The van der Waals surface area contributed by atoms with E-state index in [1.807, 2.05) is 54.1 Å². The molecule has 0 atom stereocenters. The number of halogens is 1. The second-order valence-electron chi connectivity index (χ2n) is 7.32. The molecule has 0 bridgehead atoms. The molecule has 0 amide bonds. The molecule has 0 spiro atoms. The number of ether oxygens (including phenoxy) is 1. The van der Waals surface area contributed by atoms with E-state index < -0.39 is 0 Å². The monoisotopic (exact) mass is 413 g/mol. The van der Waals surface area contributed by atoms with Crippen LogP contribution in [0.1, 0.15) is 17.1 Å². The highest BCUT2D eigenvalue weighted by molar-refractivity contribution is 5.63. The molecule has 3 aromatic heterocycles. The second kappa shape index (κ2) is 7.68. The van der Waals surface area contributed by atoms with E-state index in [0.29, 0.717) is 12.2 Å². The summed E-state index contributed by atoms with van der Waals surface area (Å²) in [6.07, 6.45) is 4.29. The predicted molar refractivity (Wildman–Crippen MR) is 116 cm³/mol. The summed E-state index contributed by atoms with van der Waals surface area (Å²) >= 11 is 0. The fourth-order valence-corrected chi connectivity index (χ4v) is 3.64. The third-order valence-electron chi connectivity index (χ3n) is 5.14. The largest absolute Gasteiger partial charge is 0.495 e. The lowest BCUT2D eigenvalue weighted by atomic mass is 10.1. The molecule has 0 aliphatic carbocycles. The first-order valence-electron chi connectivity index (χ1n) is 9.89. The van der Waals surface area contributed by atoms with Crippen LogP contribution in [0.15, 0.2) is 73.2 Å². The first-order chi connectivity index (χ1) is 15.1. The molecule has 0 saturated heterocycles. The van der Waals surface area contributed by atoms with Gasteiger partial charge >= 0.3 is 0 Å². The van der Waals surface area contributed by atoms with E-state index in [2.05, 4.69) is 9.97 Å². The SMILES string of the molecule is COc1cc(Cc2nc3cccc(-c4ccc(F)cc4)n3n2)ccc1-n1cnc(C)c1. The Hall–Kier alpha value is -4.00. The van der Waals surface area contributed by atoms with Gasteiger partial charge in [0.1, 0.15) is 11.6 Å². The van der Waals surface area contributed by atoms with Crippen LogP contribution in [0.5, 0.6) is 5.75 Å². The number of hydrogen-bond donors (Lipinski definition) is 0. The molecule has 0 aliphatic heterocycles. The smallest absolute Gasteiger partial charge is 0.156 e. The van der Waals surface area contributed by atoms with Crippen LogP contribution >= 0.6 is 0 Å². The zero-order valence-electron chi connectivity index (χ0n) is 17.2. The molecule has 0 saturated carbocycles. The average molecular weight is 413 g/mol. The lowest BCUT2D eigenvalue weighted by Gasteiger charge is -2.10. The van der Waals surface area contributed by atoms with Gasteiger partial charge in [-0.05, 0) is 61.0 Å². The van der Waals surface area contributed by atoms with Crippen LogP contribution in [0.3, 0.4) is 0 Å². The number of nitrogens with zero attached hydrogens (tertiary/aromatic N) is 5. The minimum absolute atomic E-state index is 0.265. The second-order valence-corrected chi connectivity index (χ2v) is 7.32. The number of methoxy groups -OCH3 is 1. The van der Waals surface area contributed by atoms with Crippen molar-refractivity contribution < 1.29 is 9.13 Å². The molecule has 0 N–H and O–H groups in total. The van der Waals surface area contributed by atoms with Crippen molar-refractivity contribution in [3.05, 3.63) is 96.1 Å². The average Bonchev–Trinajstić information content (AvgIpc) is 3.39. The van der Waals surface area contributed by atoms with Crippen molar-refractivity contribution in [2.75, 3.05) is 7.11 Å². The van der Waals surface area contributed by atoms with E-state index in [9.17, 15) is 4.39 Å². The van der Waals surface area contributed by atoms with Crippen molar-refractivity contribution >= 4 is 5.65 Å². The summed E-state index contributed by atoms with van der Waals surface area (Å²) < 4.78 is 22.7. The summed E-state index contributed by atoms with van der Waals surface area (Å²) in [7, 11) is 1.66. The van der Waals surface area contributed by atoms with Crippen LogP contribution in [0, 0.1) is 12.7 Å². The van der Waals surface area contributed by atoms with Gasteiger partial charge in [0, 0.05) is 18.2 Å². The third kappa shape index (κ3) is 3.66. The number of aromatic nitrogens is 5. The summed E-state index contributed by atoms with van der Waals surface area (Å²) in [4.78, 5) is 8.96. The Morgan fingerprint density at radius 3 is 2.61 bits per heavy atom. The lowest BCUT2D eigenvalue weighted by Crippen LogP contribution is -1.99.